The number of rotatable bonds is 6. The number of hydrogen-bond donors (Lipinski definition) is 2. The second-order valence-electron chi connectivity index (χ2n) is 7.55. The van der Waals surface area contributed by atoms with E-state index in [-0.39, 0.29) is 40.9 Å². The van der Waals surface area contributed by atoms with Gasteiger partial charge in [0, 0.05) is 22.8 Å². The van der Waals surface area contributed by atoms with E-state index in [1.807, 2.05) is 0 Å². The molecule has 1 aliphatic rings. The Morgan fingerprint density at radius 2 is 1.97 bits per heavy atom. The summed E-state index contributed by atoms with van der Waals surface area (Å²) < 4.78 is 0. The number of nitro benzene ring substituents is 1. The number of benzene rings is 2. The van der Waals surface area contributed by atoms with Gasteiger partial charge in [-0.15, -0.1) is 0 Å². The predicted molar refractivity (Wildman–Crippen MR) is 110 cm³/mol. The molecule has 0 bridgehead atoms. The summed E-state index contributed by atoms with van der Waals surface area (Å²) in [7, 11) is 0. The van der Waals surface area contributed by atoms with E-state index in [4.69, 9.17) is 16.4 Å². The molecule has 0 aliphatic carbocycles. The molecule has 1 heterocycles. The van der Waals surface area contributed by atoms with Crippen LogP contribution >= 0.6 is 11.6 Å². The van der Waals surface area contributed by atoms with E-state index < -0.39 is 27.9 Å². The first-order valence-electron chi connectivity index (χ1n) is 9.06. The van der Waals surface area contributed by atoms with Gasteiger partial charge in [0.05, 0.1) is 34.6 Å². The Bertz CT molecular complexity index is 1100. The highest BCUT2D eigenvalue weighted by Crippen LogP contribution is 2.30. The van der Waals surface area contributed by atoms with Crippen LogP contribution in [0.5, 0.6) is 0 Å². The maximum absolute atomic E-state index is 12.6. The maximum atomic E-state index is 12.6. The quantitative estimate of drug-likeness (QED) is 0.510. The van der Waals surface area contributed by atoms with E-state index in [9.17, 15) is 29.6 Å². The van der Waals surface area contributed by atoms with Crippen molar-refractivity contribution < 1.29 is 29.3 Å². The van der Waals surface area contributed by atoms with Crippen molar-refractivity contribution in [2.24, 2.45) is 5.41 Å². The summed E-state index contributed by atoms with van der Waals surface area (Å²) in [6.07, 6.45) is 0. The number of carboxylic acid groups (broad SMARTS) is 1. The smallest absolute Gasteiger partial charge is 0.336 e. The van der Waals surface area contributed by atoms with Gasteiger partial charge in [0.25, 0.3) is 17.5 Å². The van der Waals surface area contributed by atoms with Gasteiger partial charge in [-0.1, -0.05) is 17.7 Å². The molecule has 3 rings (SSSR count). The predicted octanol–water partition coefficient (Wildman–Crippen LogP) is 3.50. The van der Waals surface area contributed by atoms with Gasteiger partial charge in [-0.05, 0) is 37.6 Å². The molecule has 1 saturated heterocycles. The number of aromatic carboxylic acids is 1. The molecule has 0 unspecified atom stereocenters. The van der Waals surface area contributed by atoms with Crippen LogP contribution in [0, 0.1) is 15.5 Å². The second kappa shape index (κ2) is 8.32. The van der Waals surface area contributed by atoms with Crippen molar-refractivity contribution in [2.75, 3.05) is 11.9 Å². The monoisotopic (exact) mass is 447 g/mol. The standard InChI is InChI=1S/C20H18ClN3O7/c1-20(2)10-31-23(19(20)28)9-11-3-4-12(7-16(11)21)22-17(25)15-8-13(24(29)30)5-6-14(15)18(26)27/h3-8H,9-10H2,1-2H3,(H,22,25)(H,26,27). The molecular formula is C20H18ClN3O7. The molecule has 0 spiro atoms. The minimum absolute atomic E-state index is 0.114. The fraction of sp³-hybridized carbons (Fsp3) is 0.250. The minimum Gasteiger partial charge on any atom is -0.478 e. The summed E-state index contributed by atoms with van der Waals surface area (Å²) >= 11 is 6.28. The van der Waals surface area contributed by atoms with E-state index in [2.05, 4.69) is 5.32 Å². The van der Waals surface area contributed by atoms with Gasteiger partial charge in [-0.3, -0.25) is 24.5 Å². The minimum atomic E-state index is -1.40. The lowest BCUT2D eigenvalue weighted by molar-refractivity contribution is -0.384. The van der Waals surface area contributed by atoms with Crippen LogP contribution in [0.4, 0.5) is 11.4 Å². The number of hydroxylamine groups is 2. The van der Waals surface area contributed by atoms with Crippen LogP contribution in [-0.2, 0) is 16.2 Å². The van der Waals surface area contributed by atoms with E-state index in [1.54, 1.807) is 19.9 Å². The Morgan fingerprint density at radius 1 is 1.26 bits per heavy atom. The van der Waals surface area contributed by atoms with E-state index >= 15 is 0 Å². The van der Waals surface area contributed by atoms with Crippen molar-refractivity contribution in [1.82, 2.24) is 5.06 Å². The van der Waals surface area contributed by atoms with Crippen molar-refractivity contribution in [1.29, 1.82) is 0 Å². The Morgan fingerprint density at radius 3 is 2.52 bits per heavy atom. The first-order chi connectivity index (χ1) is 14.5. The maximum Gasteiger partial charge on any atom is 0.336 e. The molecule has 2 aromatic carbocycles. The van der Waals surface area contributed by atoms with Crippen molar-refractivity contribution in [2.45, 2.75) is 20.4 Å². The largest absolute Gasteiger partial charge is 0.478 e. The topological polar surface area (TPSA) is 139 Å². The first-order valence-corrected chi connectivity index (χ1v) is 9.44. The van der Waals surface area contributed by atoms with E-state index in [0.29, 0.717) is 5.56 Å². The van der Waals surface area contributed by atoms with Gasteiger partial charge in [0.15, 0.2) is 0 Å². The summed E-state index contributed by atoms with van der Waals surface area (Å²) in [6.45, 7) is 3.92. The van der Waals surface area contributed by atoms with Crippen molar-refractivity contribution in [3.8, 4) is 0 Å². The highest BCUT2D eigenvalue weighted by molar-refractivity contribution is 6.31. The Kier molecular flexibility index (Phi) is 5.96. The van der Waals surface area contributed by atoms with Gasteiger partial charge in [-0.25, -0.2) is 9.86 Å². The van der Waals surface area contributed by atoms with Gasteiger partial charge >= 0.3 is 5.97 Å². The molecule has 162 valence electrons. The van der Waals surface area contributed by atoms with Crippen molar-refractivity contribution >= 4 is 40.8 Å². The van der Waals surface area contributed by atoms with Crippen LogP contribution in [0.25, 0.3) is 0 Å². The third kappa shape index (κ3) is 4.65. The highest BCUT2D eigenvalue weighted by Gasteiger charge is 2.40. The van der Waals surface area contributed by atoms with Gasteiger partial charge in [0.2, 0.25) is 0 Å². The molecule has 1 fully saturated rings. The SMILES string of the molecule is CC1(C)CON(Cc2ccc(NC(=O)c3cc([N+](=O)[O-])ccc3C(=O)O)cc2Cl)C1=O. The lowest BCUT2D eigenvalue weighted by Crippen LogP contribution is -2.30. The third-order valence-corrected chi connectivity index (χ3v) is 5.05. The molecule has 31 heavy (non-hydrogen) atoms. The first kappa shape index (κ1) is 22.2. The molecule has 0 radical (unpaired) electrons. The van der Waals surface area contributed by atoms with Crippen LogP contribution in [0.1, 0.15) is 40.1 Å². The molecule has 11 heteroatoms. The summed E-state index contributed by atoms with van der Waals surface area (Å²) in [4.78, 5) is 51.9. The lowest BCUT2D eigenvalue weighted by Gasteiger charge is -2.17. The Labute approximate surface area is 181 Å². The summed E-state index contributed by atoms with van der Waals surface area (Å²) in [5.74, 6) is -2.41. The van der Waals surface area contributed by atoms with Crippen LogP contribution in [0.2, 0.25) is 5.02 Å². The molecule has 2 N–H and O–H groups in total. The summed E-state index contributed by atoms with van der Waals surface area (Å²) in [5, 5.41) is 24.2. The van der Waals surface area contributed by atoms with Crippen molar-refractivity contribution in [3.05, 3.63) is 68.2 Å². The van der Waals surface area contributed by atoms with Gasteiger partial charge in [0.1, 0.15) is 0 Å². The number of carboxylic acids is 1. The van der Waals surface area contributed by atoms with Crippen molar-refractivity contribution in [3.63, 3.8) is 0 Å². The van der Waals surface area contributed by atoms with Gasteiger partial charge < -0.3 is 10.4 Å². The number of nitro groups is 1. The Balaban J connectivity index is 1.80. The summed E-state index contributed by atoms with van der Waals surface area (Å²) in [6, 6.07) is 7.44. The second-order valence-corrected chi connectivity index (χ2v) is 7.96. The molecule has 2 aromatic rings. The molecule has 0 atom stereocenters. The zero-order valence-corrected chi connectivity index (χ0v) is 17.3. The van der Waals surface area contributed by atoms with Crippen LogP contribution < -0.4 is 5.32 Å². The highest BCUT2D eigenvalue weighted by atomic mass is 35.5. The molecule has 2 amide bonds. The number of nitrogens with one attached hydrogen (secondary N) is 1. The number of nitrogens with zero attached hydrogens (tertiary/aromatic N) is 2. The molecule has 0 aromatic heterocycles. The van der Waals surface area contributed by atoms with E-state index in [1.165, 1.54) is 17.2 Å². The fourth-order valence-electron chi connectivity index (χ4n) is 2.94. The van der Waals surface area contributed by atoms with E-state index in [0.717, 1.165) is 18.2 Å². The molecular weight excluding hydrogens is 430 g/mol. The molecule has 10 nitrogen and oxygen atoms in total. The molecule has 1 aliphatic heterocycles. The average Bonchev–Trinajstić information content (AvgIpc) is 2.96. The zero-order valence-electron chi connectivity index (χ0n) is 16.5. The average molecular weight is 448 g/mol. The normalized spacial score (nSPS) is 15.1. The molecule has 0 saturated carbocycles. The fourth-order valence-corrected chi connectivity index (χ4v) is 3.18. The number of anilines is 1. The lowest BCUT2D eigenvalue weighted by atomic mass is 9.95. The van der Waals surface area contributed by atoms with Crippen LogP contribution in [0.15, 0.2) is 36.4 Å². The number of carbonyl (C=O) groups excluding carboxylic acids is 2. The number of carbonyl (C=O) groups is 3. The number of non-ortho nitro benzene ring substituents is 1. The number of halogens is 1. The number of amides is 2. The number of hydrogen-bond acceptors (Lipinski definition) is 6. The van der Waals surface area contributed by atoms with Gasteiger partial charge in [-0.2, -0.15) is 0 Å². The van der Waals surface area contributed by atoms with Crippen LogP contribution in [0.3, 0.4) is 0 Å². The Hall–Kier alpha value is -3.50. The third-order valence-electron chi connectivity index (χ3n) is 4.70. The summed E-state index contributed by atoms with van der Waals surface area (Å²) in [5.41, 5.74) is -0.955. The van der Waals surface area contributed by atoms with Crippen LogP contribution in [-0.4, -0.2) is 39.5 Å². The zero-order chi connectivity index (χ0) is 22.9.